The normalized spacial score (nSPS) is 21.4. The maximum absolute atomic E-state index is 12.4. The third-order valence-corrected chi connectivity index (χ3v) is 4.21. The number of carbonyl (C=O) groups is 1. The van der Waals surface area contributed by atoms with Crippen LogP contribution in [0.5, 0.6) is 5.75 Å². The minimum absolute atomic E-state index is 0. The van der Waals surface area contributed by atoms with Gasteiger partial charge in [0, 0.05) is 6.42 Å². The number of benzene rings is 1. The smallest absolute Gasteiger partial charge is 0.143 e. The van der Waals surface area contributed by atoms with Gasteiger partial charge in [-0.05, 0) is 63.7 Å². The first-order valence-electron chi connectivity index (χ1n) is 6.83. The SMILES string of the molecule is Br.COc1ccc2c(c1)C(C)(CCN(C)C)C(=O)CC2. The highest BCUT2D eigenvalue weighted by Gasteiger charge is 2.39. The van der Waals surface area contributed by atoms with Gasteiger partial charge in [-0.3, -0.25) is 4.79 Å². The molecule has 0 aromatic heterocycles. The molecule has 0 N–H and O–H groups in total. The van der Waals surface area contributed by atoms with Gasteiger partial charge in [-0.25, -0.2) is 0 Å². The number of ketones is 1. The molecule has 112 valence electrons. The summed E-state index contributed by atoms with van der Waals surface area (Å²) in [6.45, 7) is 3.00. The number of hydrogen-bond donors (Lipinski definition) is 0. The molecule has 20 heavy (non-hydrogen) atoms. The van der Waals surface area contributed by atoms with Crippen molar-refractivity contribution in [2.24, 2.45) is 0 Å². The van der Waals surface area contributed by atoms with Crippen LogP contribution >= 0.6 is 17.0 Å². The van der Waals surface area contributed by atoms with E-state index in [1.54, 1.807) is 7.11 Å². The van der Waals surface area contributed by atoms with Gasteiger partial charge in [-0.1, -0.05) is 6.07 Å². The summed E-state index contributed by atoms with van der Waals surface area (Å²) in [5.41, 5.74) is 2.08. The van der Waals surface area contributed by atoms with Crippen molar-refractivity contribution in [1.82, 2.24) is 4.90 Å². The molecule has 3 nitrogen and oxygen atoms in total. The van der Waals surface area contributed by atoms with Crippen molar-refractivity contribution in [2.45, 2.75) is 31.6 Å². The number of ether oxygens (including phenoxy) is 1. The standard InChI is InChI=1S/C16H23NO2.BrH/c1-16(9-10-17(2)3)14-11-13(19-4)7-5-12(14)6-8-15(16)18;/h5,7,11H,6,8-10H2,1-4H3;1H. The van der Waals surface area contributed by atoms with Crippen molar-refractivity contribution in [3.05, 3.63) is 29.3 Å². The van der Waals surface area contributed by atoms with Gasteiger partial charge in [0.2, 0.25) is 0 Å². The third kappa shape index (κ3) is 3.23. The first-order chi connectivity index (χ1) is 8.97. The highest BCUT2D eigenvalue weighted by molar-refractivity contribution is 8.93. The highest BCUT2D eigenvalue weighted by Crippen LogP contribution is 2.39. The summed E-state index contributed by atoms with van der Waals surface area (Å²) in [6.07, 6.45) is 2.37. The molecule has 1 unspecified atom stereocenters. The fourth-order valence-electron chi connectivity index (χ4n) is 2.81. The Labute approximate surface area is 132 Å². The Hall–Kier alpha value is -0.870. The van der Waals surface area contributed by atoms with Crippen LogP contribution in [-0.2, 0) is 16.6 Å². The summed E-state index contributed by atoms with van der Waals surface area (Å²) in [5, 5.41) is 0. The maximum Gasteiger partial charge on any atom is 0.143 e. The summed E-state index contributed by atoms with van der Waals surface area (Å²) in [5.74, 6) is 1.19. The van der Waals surface area contributed by atoms with Gasteiger partial charge in [0.15, 0.2) is 0 Å². The molecule has 1 aliphatic carbocycles. The van der Waals surface area contributed by atoms with E-state index in [-0.39, 0.29) is 22.4 Å². The number of nitrogens with zero attached hydrogens (tertiary/aromatic N) is 1. The number of aryl methyl sites for hydroxylation is 1. The number of hydrogen-bond acceptors (Lipinski definition) is 3. The van der Waals surface area contributed by atoms with Gasteiger partial charge in [-0.15, -0.1) is 17.0 Å². The van der Waals surface area contributed by atoms with Crippen molar-refractivity contribution in [1.29, 1.82) is 0 Å². The third-order valence-electron chi connectivity index (χ3n) is 4.21. The van der Waals surface area contributed by atoms with Gasteiger partial charge in [-0.2, -0.15) is 0 Å². The second kappa shape index (κ2) is 6.72. The zero-order chi connectivity index (χ0) is 14.0. The minimum atomic E-state index is -0.369. The molecule has 1 aliphatic rings. The van der Waals surface area contributed by atoms with Crippen LogP contribution in [0.1, 0.15) is 30.9 Å². The number of halogens is 1. The predicted octanol–water partition coefficient (Wildman–Crippen LogP) is 3.00. The van der Waals surface area contributed by atoms with E-state index in [0.717, 1.165) is 30.7 Å². The largest absolute Gasteiger partial charge is 0.497 e. The van der Waals surface area contributed by atoms with Crippen molar-refractivity contribution < 1.29 is 9.53 Å². The lowest BCUT2D eigenvalue weighted by atomic mass is 9.68. The van der Waals surface area contributed by atoms with Gasteiger partial charge in [0.25, 0.3) is 0 Å². The molecule has 0 amide bonds. The van der Waals surface area contributed by atoms with E-state index in [2.05, 4.69) is 17.9 Å². The molecule has 2 rings (SSSR count). The average Bonchev–Trinajstić information content (AvgIpc) is 2.41. The molecule has 1 aromatic carbocycles. The van der Waals surface area contributed by atoms with E-state index in [9.17, 15) is 4.79 Å². The van der Waals surface area contributed by atoms with Crippen molar-refractivity contribution in [2.75, 3.05) is 27.7 Å². The molecular weight excluding hydrogens is 318 g/mol. The second-order valence-corrected chi connectivity index (χ2v) is 5.83. The Morgan fingerprint density at radius 3 is 2.60 bits per heavy atom. The average molecular weight is 342 g/mol. The van der Waals surface area contributed by atoms with Crippen molar-refractivity contribution >= 4 is 22.8 Å². The molecule has 0 spiro atoms. The van der Waals surface area contributed by atoms with Crippen LogP contribution in [0.3, 0.4) is 0 Å². The van der Waals surface area contributed by atoms with Crippen LogP contribution in [0, 0.1) is 0 Å². The molecule has 1 aromatic rings. The maximum atomic E-state index is 12.4. The van der Waals surface area contributed by atoms with Crippen LogP contribution in [-0.4, -0.2) is 38.4 Å². The van der Waals surface area contributed by atoms with E-state index in [1.165, 1.54) is 5.56 Å². The molecule has 0 radical (unpaired) electrons. The van der Waals surface area contributed by atoms with E-state index in [0.29, 0.717) is 12.2 Å². The Bertz CT molecular complexity index is 487. The lowest BCUT2D eigenvalue weighted by molar-refractivity contribution is -0.125. The van der Waals surface area contributed by atoms with Crippen LogP contribution < -0.4 is 4.74 Å². The Kier molecular flexibility index (Phi) is 5.78. The van der Waals surface area contributed by atoms with E-state index in [1.807, 2.05) is 26.2 Å². The molecular formula is C16H24BrNO2. The molecule has 0 saturated heterocycles. The summed E-state index contributed by atoms with van der Waals surface area (Å²) in [4.78, 5) is 14.6. The fourth-order valence-corrected chi connectivity index (χ4v) is 2.81. The van der Waals surface area contributed by atoms with E-state index in [4.69, 9.17) is 4.74 Å². The van der Waals surface area contributed by atoms with Crippen molar-refractivity contribution in [3.63, 3.8) is 0 Å². The second-order valence-electron chi connectivity index (χ2n) is 5.83. The summed E-state index contributed by atoms with van der Waals surface area (Å²) in [6, 6.07) is 6.14. The number of fused-ring (bicyclic) bond motifs is 1. The lowest BCUT2D eigenvalue weighted by Crippen LogP contribution is -2.39. The van der Waals surface area contributed by atoms with Gasteiger partial charge in [0.1, 0.15) is 11.5 Å². The topological polar surface area (TPSA) is 29.5 Å². The Morgan fingerprint density at radius 1 is 1.30 bits per heavy atom. The monoisotopic (exact) mass is 341 g/mol. The summed E-state index contributed by atoms with van der Waals surface area (Å²) >= 11 is 0. The molecule has 0 saturated carbocycles. The number of carbonyl (C=O) groups excluding carboxylic acids is 1. The first kappa shape index (κ1) is 17.2. The van der Waals surface area contributed by atoms with E-state index < -0.39 is 0 Å². The highest BCUT2D eigenvalue weighted by atomic mass is 79.9. The van der Waals surface area contributed by atoms with Gasteiger partial charge >= 0.3 is 0 Å². The molecule has 4 heteroatoms. The molecule has 0 fully saturated rings. The Balaban J connectivity index is 0.00000200. The fraction of sp³-hybridized carbons (Fsp3) is 0.562. The quantitative estimate of drug-likeness (QED) is 0.843. The van der Waals surface area contributed by atoms with Gasteiger partial charge < -0.3 is 9.64 Å². The molecule has 0 bridgehead atoms. The lowest BCUT2D eigenvalue weighted by Gasteiger charge is -2.35. The van der Waals surface area contributed by atoms with Crippen LogP contribution in [0.25, 0.3) is 0 Å². The van der Waals surface area contributed by atoms with Crippen LogP contribution in [0.15, 0.2) is 18.2 Å². The van der Waals surface area contributed by atoms with Gasteiger partial charge in [0.05, 0.1) is 12.5 Å². The predicted molar refractivity (Wildman–Crippen MR) is 87.2 cm³/mol. The number of methoxy groups -OCH3 is 1. The number of rotatable bonds is 4. The molecule has 0 heterocycles. The zero-order valence-electron chi connectivity index (χ0n) is 12.7. The molecule has 0 aliphatic heterocycles. The van der Waals surface area contributed by atoms with Crippen LogP contribution in [0.4, 0.5) is 0 Å². The zero-order valence-corrected chi connectivity index (χ0v) is 14.4. The summed E-state index contributed by atoms with van der Waals surface area (Å²) in [7, 11) is 5.76. The summed E-state index contributed by atoms with van der Waals surface area (Å²) < 4.78 is 5.31. The number of Topliss-reactive ketones (excluding diaryl/α,β-unsaturated/α-hetero) is 1. The first-order valence-corrected chi connectivity index (χ1v) is 6.83. The molecule has 1 atom stereocenters. The van der Waals surface area contributed by atoms with Crippen molar-refractivity contribution in [3.8, 4) is 5.75 Å². The minimum Gasteiger partial charge on any atom is -0.497 e. The van der Waals surface area contributed by atoms with Crippen LogP contribution in [0.2, 0.25) is 0 Å². The van der Waals surface area contributed by atoms with E-state index >= 15 is 0 Å². The Morgan fingerprint density at radius 2 is 2.00 bits per heavy atom.